The minimum absolute atomic E-state index is 0.0321. The Morgan fingerprint density at radius 1 is 1.45 bits per heavy atom. The van der Waals surface area contributed by atoms with E-state index in [4.69, 9.17) is 0 Å². The number of halogens is 1. The second kappa shape index (κ2) is 6.21. The molecule has 1 unspecified atom stereocenters. The first kappa shape index (κ1) is 14.8. The predicted octanol–water partition coefficient (Wildman–Crippen LogP) is 2.45. The molecule has 1 N–H and O–H groups in total. The number of nitrogens with zero attached hydrogens (tertiary/aromatic N) is 4. The maximum atomic E-state index is 12.2. The van der Waals surface area contributed by atoms with Crippen LogP contribution in [0.3, 0.4) is 0 Å². The second-order valence-electron chi connectivity index (χ2n) is 4.73. The Bertz CT molecular complexity index is 604. The van der Waals surface area contributed by atoms with Crippen LogP contribution in [0.1, 0.15) is 19.5 Å². The van der Waals surface area contributed by atoms with E-state index in [1.54, 1.807) is 17.1 Å². The summed E-state index contributed by atoms with van der Waals surface area (Å²) in [6.45, 7) is 7.17. The molecule has 6 nitrogen and oxygen atoms in total. The number of amides is 1. The molecule has 1 atom stereocenters. The Kier molecular flexibility index (Phi) is 4.59. The number of rotatable bonds is 5. The van der Waals surface area contributed by atoms with Crippen LogP contribution in [-0.2, 0) is 17.9 Å². The topological polar surface area (TPSA) is 64.7 Å². The van der Waals surface area contributed by atoms with E-state index in [2.05, 4.69) is 31.4 Å². The Labute approximate surface area is 126 Å². The lowest BCUT2D eigenvalue weighted by Crippen LogP contribution is -2.24. The number of hydrogen-bond acceptors (Lipinski definition) is 3. The summed E-state index contributed by atoms with van der Waals surface area (Å²) in [5.74, 6) is -0.207. The van der Waals surface area contributed by atoms with Crippen molar-refractivity contribution in [3.63, 3.8) is 0 Å². The zero-order chi connectivity index (χ0) is 14.7. The van der Waals surface area contributed by atoms with Crippen LogP contribution < -0.4 is 5.32 Å². The van der Waals surface area contributed by atoms with Crippen molar-refractivity contribution in [2.45, 2.75) is 33.9 Å². The third-order valence-electron chi connectivity index (χ3n) is 3.17. The number of carbonyl (C=O) groups excluding carboxylic acids is 1. The maximum Gasteiger partial charge on any atom is 0.229 e. The quantitative estimate of drug-likeness (QED) is 0.909. The van der Waals surface area contributed by atoms with Crippen LogP contribution in [0.25, 0.3) is 0 Å². The molecule has 2 aromatic rings. The third-order valence-corrected chi connectivity index (χ3v) is 3.58. The molecule has 20 heavy (non-hydrogen) atoms. The Balaban J connectivity index is 1.98. The smallest absolute Gasteiger partial charge is 0.229 e. The van der Waals surface area contributed by atoms with E-state index in [9.17, 15) is 4.79 Å². The molecule has 2 rings (SSSR count). The van der Waals surface area contributed by atoms with Gasteiger partial charge in [0.2, 0.25) is 5.91 Å². The van der Waals surface area contributed by atoms with Crippen LogP contribution in [-0.4, -0.2) is 25.5 Å². The van der Waals surface area contributed by atoms with Gasteiger partial charge >= 0.3 is 0 Å². The highest BCUT2D eigenvalue weighted by molar-refractivity contribution is 9.10. The van der Waals surface area contributed by atoms with E-state index >= 15 is 0 Å². The van der Waals surface area contributed by atoms with Crippen LogP contribution in [0.4, 0.5) is 5.69 Å². The summed E-state index contributed by atoms with van der Waals surface area (Å²) in [6, 6.07) is 0. The van der Waals surface area contributed by atoms with Crippen molar-refractivity contribution in [3.8, 4) is 0 Å². The first-order valence-electron chi connectivity index (χ1n) is 6.52. The summed E-state index contributed by atoms with van der Waals surface area (Å²) in [6.07, 6.45) is 5.25. The summed E-state index contributed by atoms with van der Waals surface area (Å²) in [5.41, 5.74) is 1.74. The van der Waals surface area contributed by atoms with Crippen molar-refractivity contribution in [1.29, 1.82) is 0 Å². The highest BCUT2D eigenvalue weighted by Crippen LogP contribution is 2.15. The lowest BCUT2D eigenvalue weighted by atomic mass is 10.1. The lowest BCUT2D eigenvalue weighted by Gasteiger charge is -2.12. The number of aryl methyl sites for hydroxylation is 1. The van der Waals surface area contributed by atoms with Crippen molar-refractivity contribution in [3.05, 3.63) is 28.8 Å². The standard InChI is InChI=1S/C13H18BrN5O/c1-4-19-10(3)12(6-16-19)17-13(20)9(2)7-18-8-11(14)5-15-18/h5-6,8-9H,4,7H2,1-3H3,(H,17,20). The van der Waals surface area contributed by atoms with Gasteiger partial charge in [-0.25, -0.2) is 0 Å². The molecule has 7 heteroatoms. The molecular weight excluding hydrogens is 322 g/mol. The average Bonchev–Trinajstić information content (AvgIpc) is 2.97. The fourth-order valence-corrected chi connectivity index (χ4v) is 2.27. The van der Waals surface area contributed by atoms with Crippen molar-refractivity contribution < 1.29 is 4.79 Å². The number of hydrogen-bond donors (Lipinski definition) is 1. The minimum atomic E-state index is -0.175. The SMILES string of the molecule is CCn1ncc(NC(=O)C(C)Cn2cc(Br)cn2)c1C. The van der Waals surface area contributed by atoms with Gasteiger partial charge in [-0.05, 0) is 29.8 Å². The van der Waals surface area contributed by atoms with E-state index in [1.165, 1.54) is 0 Å². The Morgan fingerprint density at radius 3 is 2.75 bits per heavy atom. The molecule has 0 aliphatic rings. The van der Waals surface area contributed by atoms with Gasteiger partial charge in [-0.1, -0.05) is 6.92 Å². The summed E-state index contributed by atoms with van der Waals surface area (Å²) in [5, 5.41) is 11.3. The maximum absolute atomic E-state index is 12.2. The molecule has 0 saturated heterocycles. The monoisotopic (exact) mass is 339 g/mol. The molecule has 2 aromatic heterocycles. The van der Waals surface area contributed by atoms with E-state index in [1.807, 2.05) is 31.6 Å². The fraction of sp³-hybridized carbons (Fsp3) is 0.462. The number of aromatic nitrogens is 4. The Morgan fingerprint density at radius 2 is 2.20 bits per heavy atom. The van der Waals surface area contributed by atoms with E-state index in [0.717, 1.165) is 22.4 Å². The van der Waals surface area contributed by atoms with Crippen molar-refractivity contribution in [2.75, 3.05) is 5.32 Å². The number of nitrogens with one attached hydrogen (secondary N) is 1. The van der Waals surface area contributed by atoms with Gasteiger partial charge in [0.05, 0.1) is 40.7 Å². The molecule has 0 bridgehead atoms. The van der Waals surface area contributed by atoms with Gasteiger partial charge in [0, 0.05) is 12.7 Å². The zero-order valence-corrected chi connectivity index (χ0v) is 13.4. The molecule has 108 valence electrons. The van der Waals surface area contributed by atoms with E-state index in [-0.39, 0.29) is 11.8 Å². The summed E-state index contributed by atoms with van der Waals surface area (Å²) in [4.78, 5) is 12.2. The molecule has 0 radical (unpaired) electrons. The molecule has 0 aliphatic carbocycles. The van der Waals surface area contributed by atoms with Gasteiger partial charge in [-0.15, -0.1) is 0 Å². The molecule has 0 aromatic carbocycles. The zero-order valence-electron chi connectivity index (χ0n) is 11.8. The van der Waals surface area contributed by atoms with E-state index in [0.29, 0.717) is 6.54 Å². The number of carbonyl (C=O) groups is 1. The van der Waals surface area contributed by atoms with Crippen molar-refractivity contribution in [1.82, 2.24) is 19.6 Å². The first-order chi connectivity index (χ1) is 9.51. The van der Waals surface area contributed by atoms with Crippen LogP contribution in [0, 0.1) is 12.8 Å². The van der Waals surface area contributed by atoms with Crippen molar-refractivity contribution >= 4 is 27.5 Å². The summed E-state index contributed by atoms with van der Waals surface area (Å²) in [7, 11) is 0. The van der Waals surface area contributed by atoms with E-state index < -0.39 is 0 Å². The van der Waals surface area contributed by atoms with Crippen LogP contribution >= 0.6 is 15.9 Å². The molecule has 0 aliphatic heterocycles. The van der Waals surface area contributed by atoms with Gasteiger partial charge in [0.25, 0.3) is 0 Å². The molecule has 1 amide bonds. The van der Waals surface area contributed by atoms with Gasteiger partial charge in [-0.2, -0.15) is 10.2 Å². The second-order valence-corrected chi connectivity index (χ2v) is 5.65. The average molecular weight is 340 g/mol. The van der Waals surface area contributed by atoms with Crippen LogP contribution in [0.2, 0.25) is 0 Å². The van der Waals surface area contributed by atoms with Gasteiger partial charge in [-0.3, -0.25) is 14.2 Å². The largest absolute Gasteiger partial charge is 0.323 e. The summed E-state index contributed by atoms with van der Waals surface area (Å²) < 4.78 is 4.51. The van der Waals surface area contributed by atoms with Crippen LogP contribution in [0.15, 0.2) is 23.1 Å². The normalized spacial score (nSPS) is 12.4. The first-order valence-corrected chi connectivity index (χ1v) is 7.31. The Hall–Kier alpha value is -1.63. The van der Waals surface area contributed by atoms with Gasteiger partial charge in [0.1, 0.15) is 0 Å². The molecule has 0 fully saturated rings. The van der Waals surface area contributed by atoms with Gasteiger partial charge in [0.15, 0.2) is 0 Å². The predicted molar refractivity (Wildman–Crippen MR) is 80.4 cm³/mol. The third kappa shape index (κ3) is 3.27. The number of anilines is 1. The molecule has 2 heterocycles. The minimum Gasteiger partial charge on any atom is -0.323 e. The summed E-state index contributed by atoms with van der Waals surface area (Å²) >= 11 is 3.34. The van der Waals surface area contributed by atoms with Crippen molar-refractivity contribution in [2.24, 2.45) is 5.92 Å². The highest BCUT2D eigenvalue weighted by atomic mass is 79.9. The molecule has 0 saturated carbocycles. The molecule has 0 spiro atoms. The molecular formula is C13H18BrN5O. The lowest BCUT2D eigenvalue weighted by molar-refractivity contribution is -0.119. The van der Waals surface area contributed by atoms with Crippen LogP contribution in [0.5, 0.6) is 0 Å². The van der Waals surface area contributed by atoms with Gasteiger partial charge < -0.3 is 5.32 Å². The fourth-order valence-electron chi connectivity index (χ4n) is 1.95. The highest BCUT2D eigenvalue weighted by Gasteiger charge is 2.16.